The highest BCUT2D eigenvalue weighted by Gasteiger charge is 2.34. The maximum atomic E-state index is 12.9. The average Bonchev–Trinajstić information content (AvgIpc) is 3.08. The van der Waals surface area contributed by atoms with Gasteiger partial charge in [-0.3, -0.25) is 15.0 Å². The van der Waals surface area contributed by atoms with E-state index in [-0.39, 0.29) is 23.8 Å². The summed E-state index contributed by atoms with van der Waals surface area (Å²) in [7, 11) is 0. The first-order valence-electron chi connectivity index (χ1n) is 10.2. The molecule has 0 unspecified atom stereocenters. The van der Waals surface area contributed by atoms with E-state index in [9.17, 15) is 9.59 Å². The molecule has 4 rings (SSSR count). The van der Waals surface area contributed by atoms with Crippen molar-refractivity contribution in [2.75, 3.05) is 18.2 Å². The van der Waals surface area contributed by atoms with Crippen molar-refractivity contribution in [3.05, 3.63) is 93.5 Å². The van der Waals surface area contributed by atoms with Gasteiger partial charge in [-0.15, -0.1) is 0 Å². The lowest BCUT2D eigenvalue weighted by Gasteiger charge is -2.14. The monoisotopic (exact) mass is 482 g/mol. The number of para-hydroxylation sites is 1. The van der Waals surface area contributed by atoms with E-state index in [4.69, 9.17) is 32.7 Å². The lowest BCUT2D eigenvalue weighted by Crippen LogP contribution is -2.35. The first-order valence-corrected chi connectivity index (χ1v) is 10.9. The van der Waals surface area contributed by atoms with Crippen LogP contribution in [0, 0.1) is 6.92 Å². The number of halogens is 2. The number of aryl methyl sites for hydroxylation is 1. The molecule has 1 heterocycles. The van der Waals surface area contributed by atoms with Crippen molar-refractivity contribution in [1.29, 1.82) is 0 Å². The molecule has 33 heavy (non-hydrogen) atoms. The Morgan fingerprint density at radius 3 is 2.36 bits per heavy atom. The van der Waals surface area contributed by atoms with Crippen molar-refractivity contribution in [1.82, 2.24) is 5.43 Å². The molecule has 0 atom stereocenters. The van der Waals surface area contributed by atoms with E-state index in [1.54, 1.807) is 30.3 Å². The minimum Gasteiger partial charge on any atom is -0.490 e. The quantitative estimate of drug-likeness (QED) is 0.284. The SMILES string of the molecule is Cc1ccc(OCCOc2c(Cl)cc(Cl)cc2/C=C2\C(=O)NN(c3ccccc3)C2=O)cc1. The van der Waals surface area contributed by atoms with Gasteiger partial charge >= 0.3 is 0 Å². The zero-order chi connectivity index (χ0) is 23.4. The van der Waals surface area contributed by atoms with E-state index in [2.05, 4.69) is 5.43 Å². The molecule has 1 fully saturated rings. The van der Waals surface area contributed by atoms with E-state index < -0.39 is 11.8 Å². The number of amides is 2. The van der Waals surface area contributed by atoms with Crippen molar-refractivity contribution in [2.24, 2.45) is 0 Å². The number of hydrogen-bond donors (Lipinski definition) is 1. The van der Waals surface area contributed by atoms with Crippen LogP contribution >= 0.6 is 23.2 Å². The maximum absolute atomic E-state index is 12.9. The number of nitrogens with zero attached hydrogens (tertiary/aromatic N) is 1. The lowest BCUT2D eigenvalue weighted by molar-refractivity contribution is -0.117. The lowest BCUT2D eigenvalue weighted by atomic mass is 10.1. The summed E-state index contributed by atoms with van der Waals surface area (Å²) in [6.45, 7) is 2.47. The number of carbonyl (C=O) groups excluding carboxylic acids is 2. The normalized spacial score (nSPS) is 14.5. The van der Waals surface area contributed by atoms with Crippen molar-refractivity contribution < 1.29 is 19.1 Å². The fourth-order valence-corrected chi connectivity index (χ4v) is 3.81. The zero-order valence-corrected chi connectivity index (χ0v) is 19.2. The number of rotatable bonds is 7. The summed E-state index contributed by atoms with van der Waals surface area (Å²) in [5.74, 6) is 0.00682. The van der Waals surface area contributed by atoms with Gasteiger partial charge in [0.25, 0.3) is 11.8 Å². The third-order valence-electron chi connectivity index (χ3n) is 4.86. The minimum atomic E-state index is -0.534. The fourth-order valence-electron chi connectivity index (χ4n) is 3.25. The Hall–Kier alpha value is -3.48. The number of ether oxygens (including phenoxy) is 2. The van der Waals surface area contributed by atoms with Gasteiger partial charge in [0.05, 0.1) is 10.7 Å². The van der Waals surface area contributed by atoms with Gasteiger partial charge in [0, 0.05) is 10.6 Å². The molecule has 3 aromatic carbocycles. The van der Waals surface area contributed by atoms with E-state index in [1.165, 1.54) is 17.2 Å². The van der Waals surface area contributed by atoms with Gasteiger partial charge in [-0.25, -0.2) is 5.01 Å². The van der Waals surface area contributed by atoms with Gasteiger partial charge in [-0.1, -0.05) is 59.1 Å². The summed E-state index contributed by atoms with van der Waals surface area (Å²) < 4.78 is 11.5. The Morgan fingerprint density at radius 2 is 1.64 bits per heavy atom. The van der Waals surface area contributed by atoms with Crippen molar-refractivity contribution in [3.8, 4) is 11.5 Å². The zero-order valence-electron chi connectivity index (χ0n) is 17.7. The number of benzene rings is 3. The van der Waals surface area contributed by atoms with Crippen LogP contribution in [0.15, 0.2) is 72.3 Å². The maximum Gasteiger partial charge on any atom is 0.282 e. The summed E-state index contributed by atoms with van der Waals surface area (Å²) in [5, 5.41) is 1.80. The number of hydrogen-bond acceptors (Lipinski definition) is 4. The molecule has 0 radical (unpaired) electrons. The van der Waals surface area contributed by atoms with Crippen LogP contribution in [0.25, 0.3) is 6.08 Å². The summed E-state index contributed by atoms with van der Waals surface area (Å²) in [4.78, 5) is 25.4. The van der Waals surface area contributed by atoms with E-state index in [1.807, 2.05) is 37.3 Å². The molecule has 6 nitrogen and oxygen atoms in total. The fraction of sp³-hybridized carbons (Fsp3) is 0.120. The molecule has 3 aromatic rings. The van der Waals surface area contributed by atoms with E-state index >= 15 is 0 Å². The minimum absolute atomic E-state index is 0.0575. The number of anilines is 1. The second-order valence-electron chi connectivity index (χ2n) is 7.29. The Bertz CT molecular complexity index is 1210. The Balaban J connectivity index is 1.52. The third kappa shape index (κ3) is 5.30. The van der Waals surface area contributed by atoms with Gasteiger partial charge < -0.3 is 9.47 Å². The van der Waals surface area contributed by atoms with Crippen LogP contribution in [-0.2, 0) is 9.59 Å². The number of carbonyl (C=O) groups is 2. The third-order valence-corrected chi connectivity index (χ3v) is 5.36. The van der Waals surface area contributed by atoms with Crippen LogP contribution in [-0.4, -0.2) is 25.0 Å². The summed E-state index contributed by atoms with van der Waals surface area (Å²) in [5.41, 5.74) is 4.61. The van der Waals surface area contributed by atoms with Crippen LogP contribution in [0.5, 0.6) is 11.5 Å². The predicted molar refractivity (Wildman–Crippen MR) is 129 cm³/mol. The van der Waals surface area contributed by atoms with Gasteiger partial charge in [-0.2, -0.15) is 0 Å². The molecule has 168 valence electrons. The van der Waals surface area contributed by atoms with Crippen molar-refractivity contribution in [2.45, 2.75) is 6.92 Å². The Kier molecular flexibility index (Phi) is 6.87. The van der Waals surface area contributed by atoms with Gasteiger partial charge in [-0.05, 0) is 49.4 Å². The summed E-state index contributed by atoms with van der Waals surface area (Å²) >= 11 is 12.5. The molecule has 0 bridgehead atoms. The van der Waals surface area contributed by atoms with Crippen LogP contribution in [0.4, 0.5) is 5.69 Å². The van der Waals surface area contributed by atoms with E-state index in [0.29, 0.717) is 22.0 Å². The number of nitrogens with one attached hydrogen (secondary N) is 1. The highest BCUT2D eigenvalue weighted by atomic mass is 35.5. The number of hydrazine groups is 1. The first kappa shape index (κ1) is 22.7. The van der Waals surface area contributed by atoms with Gasteiger partial charge in [0.15, 0.2) is 0 Å². The van der Waals surface area contributed by atoms with Crippen LogP contribution in [0.1, 0.15) is 11.1 Å². The molecule has 1 saturated heterocycles. The summed E-state index contributed by atoms with van der Waals surface area (Å²) in [6, 6.07) is 19.6. The second kappa shape index (κ2) is 9.98. The predicted octanol–water partition coefficient (Wildman–Crippen LogP) is 5.22. The first-order chi connectivity index (χ1) is 15.9. The molecule has 0 saturated carbocycles. The summed E-state index contributed by atoms with van der Waals surface area (Å²) in [6.07, 6.45) is 1.43. The molecular formula is C25H20Cl2N2O4. The highest BCUT2D eigenvalue weighted by molar-refractivity contribution is 6.36. The standard InChI is InChI=1S/C25H20Cl2N2O4/c1-16-7-9-20(10-8-16)32-11-12-33-23-17(13-18(26)15-22(23)27)14-21-24(30)28-29(25(21)31)19-5-3-2-4-6-19/h2-10,13-15H,11-12H2,1H3,(H,28,30)/b21-14+. The van der Waals surface area contributed by atoms with E-state index in [0.717, 1.165) is 11.3 Å². The van der Waals surface area contributed by atoms with Crippen LogP contribution in [0.3, 0.4) is 0 Å². The molecule has 1 aliphatic rings. The van der Waals surface area contributed by atoms with Crippen LogP contribution < -0.4 is 19.9 Å². The molecule has 0 aliphatic carbocycles. The largest absolute Gasteiger partial charge is 0.490 e. The average molecular weight is 483 g/mol. The molecule has 2 amide bonds. The molecule has 1 aliphatic heterocycles. The highest BCUT2D eigenvalue weighted by Crippen LogP contribution is 2.35. The van der Waals surface area contributed by atoms with Gasteiger partial charge in [0.2, 0.25) is 0 Å². The molecule has 1 N–H and O–H groups in total. The Morgan fingerprint density at radius 1 is 0.939 bits per heavy atom. The second-order valence-corrected chi connectivity index (χ2v) is 8.13. The van der Waals surface area contributed by atoms with Crippen molar-refractivity contribution >= 4 is 46.8 Å². The topological polar surface area (TPSA) is 67.9 Å². The molecular weight excluding hydrogens is 463 g/mol. The molecule has 8 heteroatoms. The van der Waals surface area contributed by atoms with Crippen molar-refractivity contribution in [3.63, 3.8) is 0 Å². The molecule has 0 spiro atoms. The smallest absolute Gasteiger partial charge is 0.282 e. The van der Waals surface area contributed by atoms with Gasteiger partial charge in [0.1, 0.15) is 30.3 Å². The Labute approximate surface area is 201 Å². The van der Waals surface area contributed by atoms with Crippen LogP contribution in [0.2, 0.25) is 10.0 Å². The molecule has 0 aromatic heterocycles.